The molecule has 0 saturated carbocycles. The summed E-state index contributed by atoms with van der Waals surface area (Å²) in [6.45, 7) is 1.49. The van der Waals surface area contributed by atoms with Gasteiger partial charge < -0.3 is 10.2 Å². The van der Waals surface area contributed by atoms with E-state index in [0.717, 1.165) is 18.4 Å². The molecule has 1 aromatic heterocycles. The van der Waals surface area contributed by atoms with Crippen molar-refractivity contribution in [2.24, 2.45) is 5.92 Å². The summed E-state index contributed by atoms with van der Waals surface area (Å²) in [6.07, 6.45) is 4.95. The van der Waals surface area contributed by atoms with Crippen molar-refractivity contribution in [1.29, 1.82) is 0 Å². The van der Waals surface area contributed by atoms with Crippen LogP contribution in [0.1, 0.15) is 28.8 Å². The average molecular weight is 392 g/mol. The second-order valence-corrected chi connectivity index (χ2v) is 7.11. The number of aromatic nitrogens is 1. The molecule has 1 N–H and O–H groups in total. The van der Waals surface area contributed by atoms with Crippen molar-refractivity contribution in [2.45, 2.75) is 19.4 Å². The average Bonchev–Trinajstić information content (AvgIpc) is 2.68. The Labute approximate surface area is 162 Å². The van der Waals surface area contributed by atoms with Crippen molar-refractivity contribution in [3.05, 3.63) is 63.9 Å². The smallest absolute Gasteiger partial charge is 0.253 e. The normalized spacial score (nSPS) is 17.0. The van der Waals surface area contributed by atoms with Gasteiger partial charge in [-0.05, 0) is 48.7 Å². The van der Waals surface area contributed by atoms with Gasteiger partial charge in [0.25, 0.3) is 5.91 Å². The van der Waals surface area contributed by atoms with Gasteiger partial charge in [0.15, 0.2) is 0 Å². The number of piperidine rings is 1. The maximum absolute atomic E-state index is 12.7. The summed E-state index contributed by atoms with van der Waals surface area (Å²) in [5.41, 5.74) is 1.48. The highest BCUT2D eigenvalue weighted by Crippen LogP contribution is 2.25. The van der Waals surface area contributed by atoms with Gasteiger partial charge in [-0.3, -0.25) is 14.6 Å². The van der Waals surface area contributed by atoms with E-state index < -0.39 is 0 Å². The molecule has 0 spiro atoms. The molecule has 1 aliphatic rings. The fourth-order valence-electron chi connectivity index (χ4n) is 3.02. The highest BCUT2D eigenvalue weighted by Gasteiger charge is 2.29. The maximum atomic E-state index is 12.7. The molecule has 1 fully saturated rings. The first-order valence-corrected chi connectivity index (χ1v) is 9.21. The second kappa shape index (κ2) is 8.52. The van der Waals surface area contributed by atoms with Crippen LogP contribution >= 0.6 is 23.2 Å². The number of hydrogen-bond acceptors (Lipinski definition) is 3. The monoisotopic (exact) mass is 391 g/mol. The predicted molar refractivity (Wildman–Crippen MR) is 101 cm³/mol. The Balaban J connectivity index is 1.60. The number of hydrogen-bond donors (Lipinski definition) is 1. The van der Waals surface area contributed by atoms with E-state index in [1.807, 2.05) is 12.1 Å². The molecule has 0 bridgehead atoms. The van der Waals surface area contributed by atoms with Gasteiger partial charge in [0.2, 0.25) is 5.91 Å². The Morgan fingerprint density at radius 2 is 1.92 bits per heavy atom. The lowest BCUT2D eigenvalue weighted by molar-refractivity contribution is -0.126. The van der Waals surface area contributed by atoms with E-state index in [4.69, 9.17) is 23.2 Å². The number of benzene rings is 1. The lowest BCUT2D eigenvalue weighted by Gasteiger charge is -2.32. The largest absolute Gasteiger partial charge is 0.352 e. The van der Waals surface area contributed by atoms with Crippen LogP contribution < -0.4 is 5.32 Å². The highest BCUT2D eigenvalue weighted by atomic mass is 35.5. The molecular formula is C19H19Cl2N3O2. The quantitative estimate of drug-likeness (QED) is 0.866. The Morgan fingerprint density at radius 3 is 2.65 bits per heavy atom. The van der Waals surface area contributed by atoms with E-state index in [2.05, 4.69) is 10.3 Å². The van der Waals surface area contributed by atoms with Crippen molar-refractivity contribution in [3.8, 4) is 0 Å². The number of amides is 2. The molecule has 0 radical (unpaired) electrons. The Hall–Kier alpha value is -2.11. The third-order valence-corrected chi connectivity index (χ3v) is 5.20. The molecule has 26 heavy (non-hydrogen) atoms. The molecule has 7 heteroatoms. The van der Waals surface area contributed by atoms with Crippen molar-refractivity contribution in [3.63, 3.8) is 0 Å². The highest BCUT2D eigenvalue weighted by molar-refractivity contribution is 6.42. The molecule has 1 saturated heterocycles. The summed E-state index contributed by atoms with van der Waals surface area (Å²) in [5, 5.41) is 3.70. The first-order chi connectivity index (χ1) is 12.5. The SMILES string of the molecule is O=C(NCc1ccncc1)C1CCCN(C(=O)c2ccc(Cl)c(Cl)c2)C1. The fourth-order valence-corrected chi connectivity index (χ4v) is 3.32. The number of carbonyl (C=O) groups excluding carboxylic acids is 2. The van der Waals surface area contributed by atoms with Gasteiger partial charge in [-0.2, -0.15) is 0 Å². The molecule has 3 rings (SSSR count). The molecule has 2 amide bonds. The molecular weight excluding hydrogens is 373 g/mol. The minimum atomic E-state index is -0.211. The lowest BCUT2D eigenvalue weighted by atomic mass is 9.96. The van der Waals surface area contributed by atoms with Crippen molar-refractivity contribution < 1.29 is 9.59 Å². The Morgan fingerprint density at radius 1 is 1.15 bits per heavy atom. The van der Waals surface area contributed by atoms with Crippen LogP contribution in [0, 0.1) is 5.92 Å². The van der Waals surface area contributed by atoms with E-state index >= 15 is 0 Å². The molecule has 1 atom stereocenters. The minimum absolute atomic E-state index is 0.0338. The summed E-state index contributed by atoms with van der Waals surface area (Å²) in [7, 11) is 0. The zero-order valence-electron chi connectivity index (χ0n) is 14.1. The molecule has 1 aromatic carbocycles. The number of carbonyl (C=O) groups is 2. The van der Waals surface area contributed by atoms with E-state index in [-0.39, 0.29) is 17.7 Å². The van der Waals surface area contributed by atoms with E-state index in [1.165, 1.54) is 0 Å². The van der Waals surface area contributed by atoms with Gasteiger partial charge >= 0.3 is 0 Å². The van der Waals surface area contributed by atoms with Crippen LogP contribution in [-0.2, 0) is 11.3 Å². The van der Waals surface area contributed by atoms with Crippen LogP contribution in [0.4, 0.5) is 0 Å². The van der Waals surface area contributed by atoms with Crippen molar-refractivity contribution in [2.75, 3.05) is 13.1 Å². The third-order valence-electron chi connectivity index (χ3n) is 4.46. The second-order valence-electron chi connectivity index (χ2n) is 6.29. The van der Waals surface area contributed by atoms with Crippen LogP contribution in [0.2, 0.25) is 10.0 Å². The summed E-state index contributed by atoms with van der Waals surface area (Å²) < 4.78 is 0. The predicted octanol–water partition coefficient (Wildman–Crippen LogP) is 3.56. The lowest BCUT2D eigenvalue weighted by Crippen LogP contribution is -2.45. The number of pyridine rings is 1. The van der Waals surface area contributed by atoms with Crippen LogP contribution in [0.3, 0.4) is 0 Å². The summed E-state index contributed by atoms with van der Waals surface area (Å²) in [6, 6.07) is 8.56. The van der Waals surface area contributed by atoms with Gasteiger partial charge in [0.1, 0.15) is 0 Å². The zero-order valence-corrected chi connectivity index (χ0v) is 15.6. The maximum Gasteiger partial charge on any atom is 0.253 e. The number of likely N-dealkylation sites (tertiary alicyclic amines) is 1. The van der Waals surface area contributed by atoms with E-state index in [0.29, 0.717) is 35.2 Å². The van der Waals surface area contributed by atoms with Crippen LogP contribution in [0.15, 0.2) is 42.7 Å². The van der Waals surface area contributed by atoms with Crippen molar-refractivity contribution >= 4 is 35.0 Å². The van der Waals surface area contributed by atoms with E-state index in [9.17, 15) is 9.59 Å². The van der Waals surface area contributed by atoms with Crippen molar-refractivity contribution in [1.82, 2.24) is 15.2 Å². The van der Waals surface area contributed by atoms with Gasteiger partial charge in [-0.25, -0.2) is 0 Å². The molecule has 1 unspecified atom stereocenters. The Bertz CT molecular complexity index is 799. The van der Waals surface area contributed by atoms with Gasteiger partial charge in [-0.1, -0.05) is 23.2 Å². The molecule has 2 heterocycles. The first kappa shape index (κ1) is 18.7. The van der Waals surface area contributed by atoms with Crippen LogP contribution in [-0.4, -0.2) is 34.8 Å². The minimum Gasteiger partial charge on any atom is -0.352 e. The molecule has 1 aliphatic heterocycles. The molecule has 2 aromatic rings. The molecule has 5 nitrogen and oxygen atoms in total. The number of nitrogens with one attached hydrogen (secondary N) is 1. The van der Waals surface area contributed by atoms with Gasteiger partial charge in [-0.15, -0.1) is 0 Å². The summed E-state index contributed by atoms with van der Waals surface area (Å²) in [4.78, 5) is 30.8. The Kier molecular flexibility index (Phi) is 6.12. The topological polar surface area (TPSA) is 62.3 Å². The van der Waals surface area contributed by atoms with Crippen LogP contribution in [0.25, 0.3) is 0 Å². The molecule has 136 valence electrons. The zero-order chi connectivity index (χ0) is 18.5. The molecule has 0 aliphatic carbocycles. The summed E-state index contributed by atoms with van der Waals surface area (Å²) in [5.74, 6) is -0.374. The number of rotatable bonds is 4. The van der Waals surface area contributed by atoms with Gasteiger partial charge in [0.05, 0.1) is 16.0 Å². The van der Waals surface area contributed by atoms with E-state index in [1.54, 1.807) is 35.5 Å². The summed E-state index contributed by atoms with van der Waals surface area (Å²) >= 11 is 11.9. The van der Waals surface area contributed by atoms with Gasteiger partial charge in [0, 0.05) is 37.6 Å². The fraction of sp³-hybridized carbons (Fsp3) is 0.316. The first-order valence-electron chi connectivity index (χ1n) is 8.45. The number of nitrogens with zero attached hydrogens (tertiary/aromatic N) is 2. The standard InChI is InChI=1S/C19H19Cl2N3O2/c20-16-4-3-14(10-17(16)21)19(26)24-9-1-2-15(12-24)18(25)23-11-13-5-7-22-8-6-13/h3-8,10,15H,1-2,9,11-12H2,(H,23,25). The number of halogens is 2. The van der Waals surface area contributed by atoms with Crippen LogP contribution in [0.5, 0.6) is 0 Å². The third kappa shape index (κ3) is 4.54.